The Labute approximate surface area is 264 Å². The normalized spacial score (nSPS) is 25.8. The summed E-state index contributed by atoms with van der Waals surface area (Å²) in [7, 11) is 0. The fourth-order valence-corrected chi connectivity index (χ4v) is 9.62. The monoisotopic (exact) mass is 617 g/mol. The number of carbonyl (C=O) groups excluding carboxylic acids is 3. The van der Waals surface area contributed by atoms with E-state index in [9.17, 15) is 19.5 Å². The highest BCUT2D eigenvalue weighted by Crippen LogP contribution is 2.67. The van der Waals surface area contributed by atoms with Crippen molar-refractivity contribution in [3.05, 3.63) is 85.5 Å². The van der Waals surface area contributed by atoms with Gasteiger partial charge < -0.3 is 24.5 Å². The summed E-state index contributed by atoms with van der Waals surface area (Å²) in [5.41, 5.74) is 2.73. The fourth-order valence-electron chi connectivity index (χ4n) is 7.44. The molecule has 1 N–H and O–H groups in total. The Hall–Kier alpha value is -3.56. The van der Waals surface area contributed by atoms with Crippen molar-refractivity contribution in [3.8, 4) is 0 Å². The molecule has 6 atom stereocenters. The van der Waals surface area contributed by atoms with Gasteiger partial charge in [0.2, 0.25) is 5.91 Å². The lowest BCUT2D eigenvalue weighted by atomic mass is 9.71. The summed E-state index contributed by atoms with van der Waals surface area (Å²) in [5, 5.41) is 10.6. The predicted octanol–water partition coefficient (Wildman–Crippen LogP) is 4.48. The molecule has 3 saturated heterocycles. The molecule has 234 valence electrons. The van der Waals surface area contributed by atoms with E-state index in [0.29, 0.717) is 24.9 Å². The third kappa shape index (κ3) is 5.56. The van der Waals surface area contributed by atoms with E-state index in [1.165, 1.54) is 6.08 Å². The fraction of sp³-hybridized carbons (Fsp3) is 0.457. The number of amides is 2. The Kier molecular flexibility index (Phi) is 9.85. The minimum Gasteiger partial charge on any atom is -0.461 e. The van der Waals surface area contributed by atoms with Crippen LogP contribution in [0, 0.1) is 11.8 Å². The van der Waals surface area contributed by atoms with Crippen molar-refractivity contribution in [1.82, 2.24) is 4.90 Å². The number of aliphatic hydroxyl groups is 1. The molecule has 5 rings (SSSR count). The van der Waals surface area contributed by atoms with Gasteiger partial charge >= 0.3 is 5.97 Å². The molecule has 2 aromatic rings. The van der Waals surface area contributed by atoms with Crippen LogP contribution in [0.1, 0.15) is 32.3 Å². The molecular formula is C35H43N3O5S. The zero-order chi connectivity index (χ0) is 31.4. The Morgan fingerprint density at radius 3 is 2.39 bits per heavy atom. The third-order valence-electron chi connectivity index (χ3n) is 9.37. The van der Waals surface area contributed by atoms with E-state index < -0.39 is 34.6 Å². The van der Waals surface area contributed by atoms with Crippen molar-refractivity contribution in [2.75, 3.05) is 42.6 Å². The van der Waals surface area contributed by atoms with Crippen LogP contribution in [0.3, 0.4) is 0 Å². The summed E-state index contributed by atoms with van der Waals surface area (Å²) in [6.45, 7) is 13.5. The molecule has 3 heterocycles. The van der Waals surface area contributed by atoms with Crippen molar-refractivity contribution >= 4 is 40.9 Å². The maximum Gasteiger partial charge on any atom is 0.311 e. The van der Waals surface area contributed by atoms with Crippen LogP contribution in [-0.2, 0) is 25.5 Å². The lowest BCUT2D eigenvalue weighted by molar-refractivity contribution is -0.153. The number of likely N-dealkylation sites (tertiary alicyclic amines) is 1. The molecule has 1 spiro atoms. The van der Waals surface area contributed by atoms with E-state index in [-0.39, 0.29) is 36.8 Å². The second kappa shape index (κ2) is 13.6. The number of ether oxygens (including phenoxy) is 1. The van der Waals surface area contributed by atoms with Gasteiger partial charge in [0.05, 0.1) is 29.2 Å². The third-order valence-corrected chi connectivity index (χ3v) is 11.3. The first-order chi connectivity index (χ1) is 21.3. The number of benzene rings is 2. The lowest BCUT2D eigenvalue weighted by Gasteiger charge is -2.39. The zero-order valence-electron chi connectivity index (χ0n) is 25.6. The molecule has 3 fully saturated rings. The number of esters is 1. The number of aliphatic hydroxyl groups excluding tert-OH is 1. The van der Waals surface area contributed by atoms with Crippen LogP contribution < -0.4 is 9.80 Å². The number of hydrogen-bond donors (Lipinski definition) is 1. The first-order valence-corrected chi connectivity index (χ1v) is 16.4. The number of thioether (sulfide) groups is 1. The molecule has 2 aromatic carbocycles. The second-order valence-corrected chi connectivity index (χ2v) is 13.3. The van der Waals surface area contributed by atoms with E-state index >= 15 is 0 Å². The molecule has 3 aliphatic rings. The summed E-state index contributed by atoms with van der Waals surface area (Å²) in [5.74, 6) is -2.27. The quantitative estimate of drug-likeness (QED) is 0.247. The molecule has 44 heavy (non-hydrogen) atoms. The largest absolute Gasteiger partial charge is 0.461 e. The molecule has 0 aliphatic carbocycles. The molecule has 0 radical (unpaired) electrons. The van der Waals surface area contributed by atoms with Crippen molar-refractivity contribution in [2.24, 2.45) is 11.8 Å². The molecule has 3 aliphatic heterocycles. The van der Waals surface area contributed by atoms with Crippen LogP contribution in [0.4, 0.5) is 11.4 Å². The van der Waals surface area contributed by atoms with E-state index in [2.05, 4.69) is 31.9 Å². The van der Waals surface area contributed by atoms with Crippen LogP contribution in [0.2, 0.25) is 0 Å². The smallest absolute Gasteiger partial charge is 0.311 e. The van der Waals surface area contributed by atoms with Crippen molar-refractivity contribution < 1.29 is 24.2 Å². The van der Waals surface area contributed by atoms with Crippen LogP contribution in [0.5, 0.6) is 0 Å². The van der Waals surface area contributed by atoms with Crippen molar-refractivity contribution in [3.63, 3.8) is 0 Å². The van der Waals surface area contributed by atoms with E-state index in [1.54, 1.807) is 27.6 Å². The van der Waals surface area contributed by atoms with Crippen molar-refractivity contribution in [2.45, 2.75) is 55.2 Å². The minimum absolute atomic E-state index is 0.0660. The van der Waals surface area contributed by atoms with E-state index in [1.807, 2.05) is 54.6 Å². The number of hydrogen-bond acceptors (Lipinski definition) is 7. The second-order valence-electron chi connectivity index (χ2n) is 11.7. The van der Waals surface area contributed by atoms with Gasteiger partial charge in [0.15, 0.2) is 0 Å². The molecule has 0 saturated carbocycles. The number of carbonyl (C=O) groups is 3. The molecule has 0 aromatic heterocycles. The first-order valence-electron chi connectivity index (χ1n) is 15.5. The maximum atomic E-state index is 14.9. The zero-order valence-corrected chi connectivity index (χ0v) is 26.5. The van der Waals surface area contributed by atoms with Crippen LogP contribution >= 0.6 is 11.8 Å². The van der Waals surface area contributed by atoms with Gasteiger partial charge in [-0.2, -0.15) is 0 Å². The van der Waals surface area contributed by atoms with Gasteiger partial charge in [-0.05, 0) is 62.9 Å². The Bertz CT molecular complexity index is 1360. The Balaban J connectivity index is 1.57. The van der Waals surface area contributed by atoms with Gasteiger partial charge in [-0.25, -0.2) is 0 Å². The summed E-state index contributed by atoms with van der Waals surface area (Å²) in [6.07, 6.45) is 4.93. The van der Waals surface area contributed by atoms with Crippen molar-refractivity contribution in [1.29, 1.82) is 0 Å². The van der Waals surface area contributed by atoms with Gasteiger partial charge in [0, 0.05) is 36.3 Å². The van der Waals surface area contributed by atoms with Crippen LogP contribution in [0.25, 0.3) is 0 Å². The summed E-state index contributed by atoms with van der Waals surface area (Å²) >= 11 is 1.59. The van der Waals surface area contributed by atoms with Crippen LogP contribution in [-0.4, -0.2) is 82.7 Å². The Morgan fingerprint density at radius 1 is 1.09 bits per heavy atom. The average Bonchev–Trinajstić information content (AvgIpc) is 3.70. The lowest BCUT2D eigenvalue weighted by Crippen LogP contribution is -2.58. The summed E-state index contributed by atoms with van der Waals surface area (Å²) < 4.78 is 4.69. The van der Waals surface area contributed by atoms with Gasteiger partial charge in [-0.15, -0.1) is 18.3 Å². The van der Waals surface area contributed by atoms with E-state index in [4.69, 9.17) is 4.74 Å². The predicted molar refractivity (Wildman–Crippen MR) is 176 cm³/mol. The minimum atomic E-state index is -0.865. The number of anilines is 2. The number of fused-ring (bicyclic) bond motifs is 1. The van der Waals surface area contributed by atoms with Gasteiger partial charge in [0.25, 0.3) is 5.91 Å². The number of nitrogens with zero attached hydrogens (tertiary/aromatic N) is 3. The highest BCUT2D eigenvalue weighted by molar-refractivity contribution is 8.02. The highest BCUT2D eigenvalue weighted by Gasteiger charge is 2.74. The molecule has 8 nitrogen and oxygen atoms in total. The standard InChI is InChI=1S/C35H43N3O5S/c1-5-20-37(26-16-14-25(15-17-26)36(7-3)8-4)33(41)31-35-19-18-28(44-35)29(34(42)43-21-6-2)30(35)32(40)38(31)27(23-39)22-24-12-10-9-11-13-24/h5-6,9-17,27-31,39H,1-2,7-8,18-23H2,3-4H3/t27-,28-,29+,30+,31?,35?/m1/s1. The highest BCUT2D eigenvalue weighted by atomic mass is 32.2. The van der Waals surface area contributed by atoms with Gasteiger partial charge in [0.1, 0.15) is 12.6 Å². The summed E-state index contributed by atoms with van der Waals surface area (Å²) in [6, 6.07) is 16.1. The number of rotatable bonds is 14. The first kappa shape index (κ1) is 31.9. The summed E-state index contributed by atoms with van der Waals surface area (Å²) in [4.78, 5) is 48.4. The molecule has 2 bridgehead atoms. The van der Waals surface area contributed by atoms with Crippen LogP contribution in [0.15, 0.2) is 79.9 Å². The van der Waals surface area contributed by atoms with Gasteiger partial charge in [-0.3, -0.25) is 14.4 Å². The molecule has 9 heteroatoms. The maximum absolute atomic E-state index is 14.9. The Morgan fingerprint density at radius 2 is 1.77 bits per heavy atom. The molecule has 2 unspecified atom stereocenters. The topological polar surface area (TPSA) is 90.4 Å². The average molecular weight is 618 g/mol. The SMILES string of the molecule is C=CCOC(=O)[C@@H]1[C@H]2C(=O)N([C@@H](CO)Cc3ccccc3)C(C(=O)N(CC=C)c3ccc(N(CC)CC)cc3)C23CC[C@H]1S3. The molecular weight excluding hydrogens is 574 g/mol. The van der Waals surface area contributed by atoms with E-state index in [0.717, 1.165) is 24.3 Å². The molecule has 2 amide bonds. The van der Waals surface area contributed by atoms with Gasteiger partial charge in [-0.1, -0.05) is 49.1 Å².